The second kappa shape index (κ2) is 10.4. The minimum Gasteiger partial charge on any atom is -0.376 e. The van der Waals surface area contributed by atoms with Gasteiger partial charge < -0.3 is 13.9 Å². The summed E-state index contributed by atoms with van der Waals surface area (Å²) in [5.41, 5.74) is 17.5. The minimum absolute atomic E-state index is 0.0713. The van der Waals surface area contributed by atoms with Crippen LogP contribution in [0.25, 0.3) is 77.2 Å². The van der Waals surface area contributed by atoms with Crippen molar-refractivity contribution >= 4 is 72.8 Å². The van der Waals surface area contributed by atoms with Crippen molar-refractivity contribution in [1.82, 2.24) is 9.13 Å². The molecule has 0 saturated carbocycles. The number of anilines is 2. The van der Waals surface area contributed by atoms with E-state index in [4.69, 9.17) is 0 Å². The Labute approximate surface area is 301 Å². The third-order valence-corrected chi connectivity index (χ3v) is 11.5. The van der Waals surface area contributed by atoms with Crippen LogP contribution >= 0.6 is 0 Å². The van der Waals surface area contributed by atoms with Crippen LogP contribution in [0.3, 0.4) is 0 Å². The summed E-state index contributed by atoms with van der Waals surface area (Å²) < 4.78 is 4.91. The van der Waals surface area contributed by atoms with Crippen LogP contribution < -0.4 is 15.7 Å². The van der Waals surface area contributed by atoms with Crippen LogP contribution in [-0.4, -0.2) is 16.0 Å². The zero-order valence-electron chi connectivity index (χ0n) is 28.2. The maximum absolute atomic E-state index is 2.61. The van der Waals surface area contributed by atoms with E-state index in [2.05, 4.69) is 196 Å². The van der Waals surface area contributed by atoms with Gasteiger partial charge in [-0.1, -0.05) is 121 Å². The first-order valence-corrected chi connectivity index (χ1v) is 18.1. The average Bonchev–Trinajstić information content (AvgIpc) is 3.71. The molecule has 0 saturated heterocycles. The van der Waals surface area contributed by atoms with E-state index in [1.807, 2.05) is 0 Å². The first-order valence-electron chi connectivity index (χ1n) is 18.1. The first-order chi connectivity index (χ1) is 25.8. The van der Waals surface area contributed by atoms with Crippen molar-refractivity contribution < 1.29 is 0 Å². The highest BCUT2D eigenvalue weighted by molar-refractivity contribution is 6.92. The van der Waals surface area contributed by atoms with Crippen molar-refractivity contribution in [3.63, 3.8) is 0 Å². The van der Waals surface area contributed by atoms with Crippen molar-refractivity contribution in [2.75, 3.05) is 4.81 Å². The molecule has 10 aromatic rings. The summed E-state index contributed by atoms with van der Waals surface area (Å²) in [7, 11) is 0. The molecule has 0 bridgehead atoms. The van der Waals surface area contributed by atoms with E-state index >= 15 is 0 Å². The Morgan fingerprint density at radius 3 is 1.48 bits per heavy atom. The molecule has 0 radical (unpaired) electrons. The van der Waals surface area contributed by atoms with E-state index in [0.717, 1.165) is 5.69 Å². The van der Waals surface area contributed by atoms with E-state index in [1.165, 1.54) is 93.9 Å². The van der Waals surface area contributed by atoms with E-state index < -0.39 is 0 Å². The Balaban J connectivity index is 1.24. The molecule has 0 amide bonds. The monoisotopic (exact) mass is 659 g/mol. The lowest BCUT2D eigenvalue weighted by Crippen LogP contribution is -2.59. The Kier molecular flexibility index (Phi) is 5.58. The van der Waals surface area contributed by atoms with E-state index in [-0.39, 0.29) is 6.85 Å². The summed E-state index contributed by atoms with van der Waals surface area (Å²) in [6, 6.07) is 67.2. The first kappa shape index (κ1) is 28.0. The molecule has 0 fully saturated rings. The van der Waals surface area contributed by atoms with Crippen LogP contribution in [-0.2, 0) is 0 Å². The molecule has 4 heterocycles. The van der Waals surface area contributed by atoms with Crippen LogP contribution in [0.5, 0.6) is 0 Å². The zero-order chi connectivity index (χ0) is 33.9. The van der Waals surface area contributed by atoms with E-state index in [0.29, 0.717) is 0 Å². The third-order valence-electron chi connectivity index (χ3n) is 11.5. The molecule has 52 heavy (non-hydrogen) atoms. The normalized spacial score (nSPS) is 12.9. The van der Waals surface area contributed by atoms with Crippen LogP contribution in [0.2, 0.25) is 0 Å². The lowest BCUT2D eigenvalue weighted by atomic mass is 9.43. The number of aromatic nitrogens is 2. The predicted octanol–water partition coefficient (Wildman–Crippen LogP) is 10.8. The number of benzene rings is 8. The second-order valence-corrected chi connectivity index (χ2v) is 14.1. The van der Waals surface area contributed by atoms with Gasteiger partial charge in [0.15, 0.2) is 0 Å². The molecule has 8 aromatic carbocycles. The van der Waals surface area contributed by atoms with Gasteiger partial charge in [0.05, 0.1) is 22.1 Å². The number of nitrogens with zero attached hydrogens (tertiary/aromatic N) is 3. The molecule has 0 unspecified atom stereocenters. The summed E-state index contributed by atoms with van der Waals surface area (Å²) >= 11 is 0. The topological polar surface area (TPSA) is 13.1 Å². The number of hydrogen-bond donors (Lipinski definition) is 0. The third kappa shape index (κ3) is 3.65. The standard InChI is InChI=1S/C48H30BN3/c1-3-15-31(16-4-1)50-43-25-13-9-22-36(43)38-28-47-39(29-45(38)50)40-30-48-37(27-46(40)51(47)32-17-5-2-6-18-32)34-20-8-12-24-42(34)49-41-23-11-7-19-33(41)35-21-10-14-26-44(35)52(48)49/h1-30H. The van der Waals surface area contributed by atoms with Gasteiger partial charge in [0, 0.05) is 55.4 Å². The van der Waals surface area contributed by atoms with Gasteiger partial charge in [0.25, 0.3) is 0 Å². The molecule has 0 atom stereocenters. The largest absolute Gasteiger partial charge is 0.376 e. The van der Waals surface area contributed by atoms with Gasteiger partial charge in [0.1, 0.15) is 0 Å². The zero-order valence-corrected chi connectivity index (χ0v) is 28.2. The van der Waals surface area contributed by atoms with Crippen LogP contribution in [0.4, 0.5) is 11.4 Å². The van der Waals surface area contributed by atoms with Crippen LogP contribution in [0.15, 0.2) is 182 Å². The molecule has 12 rings (SSSR count). The van der Waals surface area contributed by atoms with Gasteiger partial charge >= 0.3 is 6.85 Å². The molecular weight excluding hydrogens is 629 g/mol. The van der Waals surface area contributed by atoms with Gasteiger partial charge in [-0.25, -0.2) is 0 Å². The fourth-order valence-corrected chi connectivity index (χ4v) is 9.36. The quantitative estimate of drug-likeness (QED) is 0.168. The lowest BCUT2D eigenvalue weighted by Gasteiger charge is -2.43. The average molecular weight is 660 g/mol. The highest BCUT2D eigenvalue weighted by atomic mass is 15.1. The molecule has 2 aliphatic rings. The number of para-hydroxylation sites is 4. The fraction of sp³-hybridized carbons (Fsp3) is 0. The highest BCUT2D eigenvalue weighted by Crippen LogP contribution is 2.49. The van der Waals surface area contributed by atoms with Gasteiger partial charge in [-0.15, -0.1) is 0 Å². The number of hydrogen-bond acceptors (Lipinski definition) is 1. The van der Waals surface area contributed by atoms with E-state index in [9.17, 15) is 0 Å². The van der Waals surface area contributed by atoms with Crippen LogP contribution in [0.1, 0.15) is 0 Å². The van der Waals surface area contributed by atoms with Gasteiger partial charge in [-0.05, 0) is 82.7 Å². The predicted molar refractivity (Wildman–Crippen MR) is 220 cm³/mol. The van der Waals surface area contributed by atoms with Crippen molar-refractivity contribution in [1.29, 1.82) is 0 Å². The molecule has 0 aliphatic carbocycles. The molecule has 3 nitrogen and oxygen atoms in total. The Morgan fingerprint density at radius 2 is 0.788 bits per heavy atom. The van der Waals surface area contributed by atoms with Gasteiger partial charge in [-0.3, -0.25) is 0 Å². The minimum atomic E-state index is 0.0713. The maximum atomic E-state index is 2.61. The Morgan fingerprint density at radius 1 is 0.308 bits per heavy atom. The van der Waals surface area contributed by atoms with Crippen molar-refractivity contribution in [2.45, 2.75) is 0 Å². The summed E-state index contributed by atoms with van der Waals surface area (Å²) in [5.74, 6) is 0. The summed E-state index contributed by atoms with van der Waals surface area (Å²) in [6.45, 7) is 0.0713. The maximum Gasteiger partial charge on any atom is 0.329 e. The molecule has 2 aromatic heterocycles. The molecular formula is C48H30BN3. The number of rotatable bonds is 2. The fourth-order valence-electron chi connectivity index (χ4n) is 9.36. The molecule has 0 N–H and O–H groups in total. The smallest absolute Gasteiger partial charge is 0.329 e. The van der Waals surface area contributed by atoms with Gasteiger partial charge in [0.2, 0.25) is 0 Å². The summed E-state index contributed by atoms with van der Waals surface area (Å²) in [6.07, 6.45) is 0. The Bertz CT molecular complexity index is 3080. The molecule has 0 spiro atoms. The second-order valence-electron chi connectivity index (χ2n) is 14.1. The van der Waals surface area contributed by atoms with Crippen molar-refractivity contribution in [3.05, 3.63) is 182 Å². The lowest BCUT2D eigenvalue weighted by molar-refractivity contribution is 1.17. The SMILES string of the molecule is c1ccc(-n2c3ccccc3c3cc4c(cc32)c2cc3c(cc2n4-c2ccccc2)-c2ccccc2B2c4ccccc4-c4ccccc4N23)cc1. The van der Waals surface area contributed by atoms with Crippen LogP contribution in [0, 0.1) is 0 Å². The summed E-state index contributed by atoms with van der Waals surface area (Å²) in [4.78, 5) is 2.61. The Hall–Kier alpha value is -6.78. The van der Waals surface area contributed by atoms with Crippen molar-refractivity contribution in [2.24, 2.45) is 0 Å². The summed E-state index contributed by atoms with van der Waals surface area (Å²) in [5, 5.41) is 5.01. The molecule has 240 valence electrons. The van der Waals surface area contributed by atoms with E-state index in [1.54, 1.807) is 0 Å². The van der Waals surface area contributed by atoms with Crippen molar-refractivity contribution in [3.8, 4) is 33.6 Å². The number of fused-ring (bicyclic) bond motifs is 17. The highest BCUT2D eigenvalue weighted by Gasteiger charge is 2.42. The molecule has 2 aliphatic heterocycles. The molecule has 4 heteroatoms. The van der Waals surface area contributed by atoms with Gasteiger partial charge in [-0.2, -0.15) is 0 Å².